The molecule has 0 fully saturated rings. The van der Waals surface area contributed by atoms with Crippen LogP contribution < -0.4 is 15.4 Å². The first kappa shape index (κ1) is 20.7. The first-order valence-electron chi connectivity index (χ1n) is 8.93. The van der Waals surface area contributed by atoms with E-state index >= 15 is 0 Å². The summed E-state index contributed by atoms with van der Waals surface area (Å²) < 4.78 is 24.0. The zero-order valence-electron chi connectivity index (χ0n) is 16.3. The molecular weight excluding hydrogens is 397 g/mol. The third kappa shape index (κ3) is 5.71. The molecule has 0 saturated carbocycles. The largest absolute Gasteiger partial charge is 0.489 e. The van der Waals surface area contributed by atoms with Crippen molar-refractivity contribution in [3.8, 4) is 5.75 Å². The fraction of sp³-hybridized carbons (Fsp3) is 0.238. The molecule has 0 aliphatic heterocycles. The van der Waals surface area contributed by atoms with Crippen LogP contribution in [-0.2, 0) is 12.0 Å². The molecule has 0 radical (unpaired) electrons. The maximum Gasteiger partial charge on any atom is 0.324 e. The van der Waals surface area contributed by atoms with Crippen LogP contribution in [-0.4, -0.2) is 11.2 Å². The van der Waals surface area contributed by atoms with E-state index in [4.69, 9.17) is 20.9 Å². The van der Waals surface area contributed by atoms with Gasteiger partial charge in [-0.2, -0.15) is 0 Å². The van der Waals surface area contributed by atoms with Crippen molar-refractivity contribution in [1.29, 1.82) is 0 Å². The van der Waals surface area contributed by atoms with Crippen LogP contribution in [0.25, 0.3) is 0 Å². The van der Waals surface area contributed by atoms with Gasteiger partial charge in [0.25, 0.3) is 0 Å². The van der Waals surface area contributed by atoms with Crippen LogP contribution in [0.2, 0.25) is 5.02 Å². The smallest absolute Gasteiger partial charge is 0.324 e. The average molecular weight is 418 g/mol. The predicted octanol–water partition coefficient (Wildman–Crippen LogP) is 5.99. The quantitative estimate of drug-likeness (QED) is 0.534. The maximum atomic E-state index is 13.1. The summed E-state index contributed by atoms with van der Waals surface area (Å²) in [6, 6.07) is 12.2. The lowest BCUT2D eigenvalue weighted by Gasteiger charge is -2.12. The van der Waals surface area contributed by atoms with Gasteiger partial charge in [0.05, 0.1) is 5.02 Å². The highest BCUT2D eigenvalue weighted by Crippen LogP contribution is 2.25. The van der Waals surface area contributed by atoms with Crippen molar-refractivity contribution in [2.75, 3.05) is 10.6 Å². The van der Waals surface area contributed by atoms with Crippen LogP contribution in [0.15, 0.2) is 53.1 Å². The Kier molecular flexibility index (Phi) is 6.08. The molecule has 0 bridgehead atoms. The van der Waals surface area contributed by atoms with Gasteiger partial charge in [-0.15, -0.1) is 0 Å². The highest BCUT2D eigenvalue weighted by molar-refractivity contribution is 6.31. The van der Waals surface area contributed by atoms with Gasteiger partial charge in [0.15, 0.2) is 5.82 Å². The number of nitrogens with zero attached hydrogens (tertiary/aromatic N) is 1. The lowest BCUT2D eigenvalue weighted by atomic mass is 9.93. The molecule has 0 unspecified atom stereocenters. The number of carbonyl (C=O) groups excluding carboxylic acids is 1. The van der Waals surface area contributed by atoms with Gasteiger partial charge in [-0.3, -0.25) is 5.32 Å². The summed E-state index contributed by atoms with van der Waals surface area (Å²) in [5.41, 5.74) is 1.06. The first-order chi connectivity index (χ1) is 13.7. The van der Waals surface area contributed by atoms with E-state index in [1.54, 1.807) is 36.4 Å². The van der Waals surface area contributed by atoms with Gasteiger partial charge in [0.1, 0.15) is 23.9 Å². The van der Waals surface area contributed by atoms with E-state index in [2.05, 4.69) is 15.8 Å². The van der Waals surface area contributed by atoms with Gasteiger partial charge < -0.3 is 14.6 Å². The third-order valence-electron chi connectivity index (χ3n) is 4.01. The summed E-state index contributed by atoms with van der Waals surface area (Å²) in [4.78, 5) is 12.1. The molecule has 2 aromatic carbocycles. The maximum absolute atomic E-state index is 13.1. The second kappa shape index (κ2) is 8.53. The summed E-state index contributed by atoms with van der Waals surface area (Å²) in [7, 11) is 0. The second-order valence-corrected chi connectivity index (χ2v) is 7.86. The predicted molar refractivity (Wildman–Crippen MR) is 110 cm³/mol. The fourth-order valence-electron chi connectivity index (χ4n) is 2.40. The average Bonchev–Trinajstić information content (AvgIpc) is 3.11. The fourth-order valence-corrected chi connectivity index (χ4v) is 2.62. The molecule has 0 aliphatic carbocycles. The van der Waals surface area contributed by atoms with Crippen molar-refractivity contribution in [2.24, 2.45) is 0 Å². The molecule has 0 aliphatic rings. The summed E-state index contributed by atoms with van der Waals surface area (Å²) in [5, 5.41) is 9.48. The minimum Gasteiger partial charge on any atom is -0.489 e. The summed E-state index contributed by atoms with van der Waals surface area (Å²) >= 11 is 5.98. The Hall–Kier alpha value is -3.06. The van der Waals surface area contributed by atoms with Crippen molar-refractivity contribution < 1.29 is 18.4 Å². The van der Waals surface area contributed by atoms with Gasteiger partial charge in [0.2, 0.25) is 0 Å². The number of benzene rings is 2. The SMILES string of the molecule is CC(C)(C)c1cc(NC(=O)Nc2ccc(OCc3ccc(F)cc3Cl)cc2)no1. The zero-order valence-corrected chi connectivity index (χ0v) is 17.0. The number of urea groups is 1. The monoisotopic (exact) mass is 417 g/mol. The van der Waals surface area contributed by atoms with Crippen LogP contribution in [0.5, 0.6) is 5.75 Å². The number of hydrogen-bond donors (Lipinski definition) is 2. The van der Waals surface area contributed by atoms with E-state index in [-0.39, 0.29) is 12.0 Å². The number of ether oxygens (including phenoxy) is 1. The number of rotatable bonds is 5. The van der Waals surface area contributed by atoms with E-state index in [9.17, 15) is 9.18 Å². The van der Waals surface area contributed by atoms with Gasteiger partial charge in [-0.1, -0.05) is 43.6 Å². The Bertz CT molecular complexity index is 997. The number of nitrogens with one attached hydrogen (secondary N) is 2. The summed E-state index contributed by atoms with van der Waals surface area (Å²) in [6.45, 7) is 6.18. The zero-order chi connectivity index (χ0) is 21.0. The number of aromatic nitrogens is 1. The normalized spacial score (nSPS) is 11.2. The number of carbonyl (C=O) groups is 1. The van der Waals surface area contributed by atoms with Crippen LogP contribution in [0.4, 0.5) is 20.7 Å². The van der Waals surface area contributed by atoms with E-state index in [0.717, 1.165) is 0 Å². The van der Waals surface area contributed by atoms with E-state index in [1.165, 1.54) is 12.1 Å². The highest BCUT2D eigenvalue weighted by Gasteiger charge is 2.20. The van der Waals surface area contributed by atoms with E-state index in [0.29, 0.717) is 33.6 Å². The highest BCUT2D eigenvalue weighted by atomic mass is 35.5. The Labute approximate surface area is 173 Å². The Morgan fingerprint density at radius 1 is 1.14 bits per heavy atom. The van der Waals surface area contributed by atoms with Crippen molar-refractivity contribution in [3.63, 3.8) is 0 Å². The van der Waals surface area contributed by atoms with Crippen LogP contribution in [0, 0.1) is 5.82 Å². The third-order valence-corrected chi connectivity index (χ3v) is 4.36. The lowest BCUT2D eigenvalue weighted by molar-refractivity contribution is 0.262. The molecule has 2 amide bonds. The number of hydrogen-bond acceptors (Lipinski definition) is 4. The molecule has 29 heavy (non-hydrogen) atoms. The molecule has 0 spiro atoms. The van der Waals surface area contributed by atoms with Gasteiger partial charge >= 0.3 is 6.03 Å². The Morgan fingerprint density at radius 2 is 1.86 bits per heavy atom. The molecule has 6 nitrogen and oxygen atoms in total. The number of halogens is 2. The molecule has 2 N–H and O–H groups in total. The minimum atomic E-state index is -0.439. The van der Waals surface area contributed by atoms with Crippen LogP contribution in [0.1, 0.15) is 32.1 Å². The molecule has 3 rings (SSSR count). The molecule has 1 aromatic heterocycles. The Balaban J connectivity index is 1.53. The molecule has 8 heteroatoms. The summed E-state index contributed by atoms with van der Waals surface area (Å²) in [6.07, 6.45) is 0. The molecule has 3 aromatic rings. The lowest BCUT2D eigenvalue weighted by Crippen LogP contribution is -2.19. The molecular formula is C21H21ClFN3O3. The summed E-state index contributed by atoms with van der Waals surface area (Å²) in [5.74, 6) is 1.20. The molecule has 1 heterocycles. The Morgan fingerprint density at radius 3 is 2.48 bits per heavy atom. The topological polar surface area (TPSA) is 76.4 Å². The van der Waals surface area contributed by atoms with E-state index < -0.39 is 11.8 Å². The van der Waals surface area contributed by atoms with Crippen LogP contribution >= 0.6 is 11.6 Å². The van der Waals surface area contributed by atoms with Gasteiger partial charge in [-0.05, 0) is 36.4 Å². The van der Waals surface area contributed by atoms with Crippen molar-refractivity contribution in [2.45, 2.75) is 32.8 Å². The second-order valence-electron chi connectivity index (χ2n) is 7.45. The first-order valence-corrected chi connectivity index (χ1v) is 9.30. The van der Waals surface area contributed by atoms with Crippen molar-refractivity contribution in [3.05, 3.63) is 70.7 Å². The van der Waals surface area contributed by atoms with Crippen LogP contribution in [0.3, 0.4) is 0 Å². The van der Waals surface area contributed by atoms with Crippen molar-refractivity contribution in [1.82, 2.24) is 5.16 Å². The minimum absolute atomic E-state index is 0.197. The number of anilines is 2. The molecule has 0 atom stereocenters. The molecule has 152 valence electrons. The molecule has 0 saturated heterocycles. The number of amides is 2. The van der Waals surface area contributed by atoms with E-state index in [1.807, 2.05) is 20.8 Å². The van der Waals surface area contributed by atoms with Gasteiger partial charge in [-0.25, -0.2) is 9.18 Å². The van der Waals surface area contributed by atoms with Gasteiger partial charge in [0, 0.05) is 22.7 Å². The van der Waals surface area contributed by atoms with Crippen molar-refractivity contribution >= 4 is 29.1 Å². The standard InChI is InChI=1S/C21H21ClFN3O3/c1-21(2,3)18-11-19(26-29-18)25-20(27)24-15-6-8-16(9-7-15)28-12-13-4-5-14(23)10-17(13)22/h4-11H,12H2,1-3H3,(H2,24,25,26,27).